The number of carbonyl (C=O) groups excluding carboxylic acids is 3. The fraction of sp³-hybridized carbons (Fsp3) is 0.357. The number of phenols is 1. The minimum absolute atomic E-state index is 0.175. The summed E-state index contributed by atoms with van der Waals surface area (Å²) < 4.78 is 0. The van der Waals surface area contributed by atoms with Crippen molar-refractivity contribution in [3.63, 3.8) is 0 Å². The van der Waals surface area contributed by atoms with Crippen molar-refractivity contribution in [2.75, 3.05) is 13.6 Å². The summed E-state index contributed by atoms with van der Waals surface area (Å²) >= 11 is 0. The topological polar surface area (TPSA) is 108 Å². The molecule has 1 rings (SSSR count). The maximum absolute atomic E-state index is 11.8. The molecule has 0 aromatic heterocycles. The maximum Gasteiger partial charge on any atom is 0.242 e. The largest absolute Gasteiger partial charge is 0.508 e. The van der Waals surface area contributed by atoms with Gasteiger partial charge in [0, 0.05) is 13.5 Å². The van der Waals surface area contributed by atoms with Crippen molar-refractivity contribution in [3.8, 4) is 5.75 Å². The second-order valence-electron chi connectivity index (χ2n) is 4.56. The lowest BCUT2D eigenvalue weighted by molar-refractivity contribution is -0.128. The van der Waals surface area contributed by atoms with Gasteiger partial charge in [0.1, 0.15) is 11.8 Å². The summed E-state index contributed by atoms with van der Waals surface area (Å²) in [6, 6.07) is 4.23. The number of rotatable bonds is 7. The SMILES string of the molecule is CNC(=O)C(Cc1ccc(O)c(C)c1)NC(=O)CNC=O. The van der Waals surface area contributed by atoms with Crippen LogP contribution in [-0.2, 0) is 20.8 Å². The first-order valence-electron chi connectivity index (χ1n) is 6.44. The summed E-state index contributed by atoms with van der Waals surface area (Å²) in [6.45, 7) is 1.56. The third kappa shape index (κ3) is 5.13. The van der Waals surface area contributed by atoms with Gasteiger partial charge in [-0.05, 0) is 24.1 Å². The Kier molecular flexibility index (Phi) is 6.19. The number of amides is 3. The van der Waals surface area contributed by atoms with Crippen LogP contribution in [0.1, 0.15) is 11.1 Å². The van der Waals surface area contributed by atoms with Gasteiger partial charge in [-0.2, -0.15) is 0 Å². The highest BCUT2D eigenvalue weighted by Gasteiger charge is 2.20. The third-order valence-electron chi connectivity index (χ3n) is 2.95. The number of aromatic hydroxyl groups is 1. The van der Waals surface area contributed by atoms with Gasteiger partial charge in [-0.3, -0.25) is 14.4 Å². The molecule has 0 heterocycles. The predicted octanol–water partition coefficient (Wildman–Crippen LogP) is -0.780. The van der Waals surface area contributed by atoms with Gasteiger partial charge < -0.3 is 21.1 Å². The number of aryl methyl sites for hydroxylation is 1. The van der Waals surface area contributed by atoms with Crippen molar-refractivity contribution in [1.82, 2.24) is 16.0 Å². The van der Waals surface area contributed by atoms with E-state index in [-0.39, 0.29) is 24.6 Å². The van der Waals surface area contributed by atoms with E-state index in [1.165, 1.54) is 7.05 Å². The van der Waals surface area contributed by atoms with Crippen LogP contribution >= 0.6 is 0 Å². The second-order valence-corrected chi connectivity index (χ2v) is 4.56. The zero-order valence-corrected chi connectivity index (χ0v) is 12.0. The molecule has 0 bridgehead atoms. The monoisotopic (exact) mass is 293 g/mol. The van der Waals surface area contributed by atoms with Crippen molar-refractivity contribution in [1.29, 1.82) is 0 Å². The van der Waals surface area contributed by atoms with Crippen LogP contribution in [0.5, 0.6) is 5.75 Å². The summed E-state index contributed by atoms with van der Waals surface area (Å²) in [6.07, 6.45) is 0.700. The van der Waals surface area contributed by atoms with E-state index in [2.05, 4.69) is 16.0 Å². The molecule has 0 spiro atoms. The lowest BCUT2D eigenvalue weighted by atomic mass is 10.0. The lowest BCUT2D eigenvalue weighted by Gasteiger charge is -2.17. The number of carbonyl (C=O) groups is 3. The van der Waals surface area contributed by atoms with E-state index in [4.69, 9.17) is 0 Å². The Bertz CT molecular complexity index is 531. The molecule has 7 heteroatoms. The van der Waals surface area contributed by atoms with Crippen LogP contribution in [0.4, 0.5) is 0 Å². The van der Waals surface area contributed by atoms with Crippen LogP contribution in [0.15, 0.2) is 18.2 Å². The van der Waals surface area contributed by atoms with Crippen molar-refractivity contribution in [3.05, 3.63) is 29.3 Å². The van der Waals surface area contributed by atoms with Crippen molar-refractivity contribution in [2.45, 2.75) is 19.4 Å². The average Bonchev–Trinajstić information content (AvgIpc) is 2.47. The van der Waals surface area contributed by atoms with E-state index in [1.54, 1.807) is 25.1 Å². The van der Waals surface area contributed by atoms with E-state index in [1.807, 2.05) is 0 Å². The molecule has 1 aromatic carbocycles. The van der Waals surface area contributed by atoms with Gasteiger partial charge in [0.25, 0.3) is 0 Å². The molecular weight excluding hydrogens is 274 g/mol. The molecule has 114 valence electrons. The molecule has 1 atom stereocenters. The number of phenolic OH excluding ortho intramolecular Hbond substituents is 1. The minimum Gasteiger partial charge on any atom is -0.508 e. The first-order valence-corrected chi connectivity index (χ1v) is 6.44. The van der Waals surface area contributed by atoms with Crippen LogP contribution < -0.4 is 16.0 Å². The Labute approximate surface area is 122 Å². The standard InChI is InChI=1S/C14H19N3O4/c1-9-5-10(3-4-12(9)19)6-11(14(21)15-2)17-13(20)7-16-8-18/h3-5,8,11,19H,6-7H2,1-2H3,(H,15,21)(H,16,18)(H,17,20). The van der Waals surface area contributed by atoms with Gasteiger partial charge in [-0.1, -0.05) is 12.1 Å². The summed E-state index contributed by atoms with van der Waals surface area (Å²) in [7, 11) is 1.48. The fourth-order valence-electron chi connectivity index (χ4n) is 1.84. The molecule has 0 fully saturated rings. The maximum atomic E-state index is 11.8. The van der Waals surface area contributed by atoms with Gasteiger partial charge >= 0.3 is 0 Å². The third-order valence-corrected chi connectivity index (χ3v) is 2.95. The molecule has 0 aliphatic rings. The van der Waals surface area contributed by atoms with Crippen molar-refractivity contribution >= 4 is 18.2 Å². The van der Waals surface area contributed by atoms with Crippen LogP contribution in [0.25, 0.3) is 0 Å². The molecule has 3 amide bonds. The molecule has 1 unspecified atom stereocenters. The molecule has 0 aliphatic heterocycles. The van der Waals surface area contributed by atoms with Crippen LogP contribution in [0.2, 0.25) is 0 Å². The van der Waals surface area contributed by atoms with Gasteiger partial charge in [-0.25, -0.2) is 0 Å². The summed E-state index contributed by atoms with van der Waals surface area (Å²) in [5.41, 5.74) is 1.50. The number of hydrogen-bond acceptors (Lipinski definition) is 4. The van der Waals surface area contributed by atoms with Gasteiger partial charge in [0.15, 0.2) is 0 Å². The van der Waals surface area contributed by atoms with E-state index < -0.39 is 11.9 Å². The molecule has 0 aliphatic carbocycles. The van der Waals surface area contributed by atoms with Crippen molar-refractivity contribution < 1.29 is 19.5 Å². The minimum atomic E-state index is -0.750. The molecule has 0 saturated carbocycles. The quantitative estimate of drug-likeness (QED) is 0.495. The van der Waals surface area contributed by atoms with E-state index in [0.717, 1.165) is 5.56 Å². The smallest absolute Gasteiger partial charge is 0.242 e. The summed E-state index contributed by atoms with van der Waals surface area (Å²) in [4.78, 5) is 33.6. The molecule has 4 N–H and O–H groups in total. The van der Waals surface area contributed by atoms with E-state index >= 15 is 0 Å². The van der Waals surface area contributed by atoms with Gasteiger partial charge in [-0.15, -0.1) is 0 Å². The number of hydrogen-bond donors (Lipinski definition) is 4. The molecule has 0 radical (unpaired) electrons. The first-order chi connectivity index (χ1) is 9.97. The molecular formula is C14H19N3O4. The highest BCUT2D eigenvalue weighted by Crippen LogP contribution is 2.17. The van der Waals surface area contributed by atoms with Crippen LogP contribution in [0.3, 0.4) is 0 Å². The predicted molar refractivity (Wildman–Crippen MR) is 76.6 cm³/mol. The fourth-order valence-corrected chi connectivity index (χ4v) is 1.84. The zero-order chi connectivity index (χ0) is 15.8. The Morgan fingerprint density at radius 3 is 2.67 bits per heavy atom. The normalized spacial score (nSPS) is 11.3. The van der Waals surface area contributed by atoms with Gasteiger partial charge in [0.2, 0.25) is 18.2 Å². The van der Waals surface area contributed by atoms with E-state index in [9.17, 15) is 19.5 Å². The average molecular weight is 293 g/mol. The summed E-state index contributed by atoms with van der Waals surface area (Å²) in [5, 5.41) is 16.7. The molecule has 7 nitrogen and oxygen atoms in total. The highest BCUT2D eigenvalue weighted by molar-refractivity contribution is 5.88. The zero-order valence-electron chi connectivity index (χ0n) is 12.0. The molecule has 21 heavy (non-hydrogen) atoms. The Hall–Kier alpha value is -2.57. The molecule has 0 saturated heterocycles. The second kappa shape index (κ2) is 7.88. The van der Waals surface area contributed by atoms with Gasteiger partial charge in [0.05, 0.1) is 6.54 Å². The van der Waals surface area contributed by atoms with Crippen LogP contribution in [-0.4, -0.2) is 43.0 Å². The highest BCUT2D eigenvalue weighted by atomic mass is 16.3. The van der Waals surface area contributed by atoms with Crippen LogP contribution in [0, 0.1) is 6.92 Å². The molecule has 1 aromatic rings. The lowest BCUT2D eigenvalue weighted by Crippen LogP contribution is -2.49. The van der Waals surface area contributed by atoms with E-state index in [0.29, 0.717) is 12.0 Å². The Balaban J connectivity index is 2.78. The Morgan fingerprint density at radius 1 is 1.38 bits per heavy atom. The number of nitrogens with one attached hydrogen (secondary N) is 3. The first kappa shape index (κ1) is 16.5. The Morgan fingerprint density at radius 2 is 2.10 bits per heavy atom. The number of likely N-dealkylation sites (N-methyl/N-ethyl adjacent to an activating group) is 1. The summed E-state index contributed by atoms with van der Waals surface area (Å²) in [5.74, 6) is -0.610. The number of benzene rings is 1. The van der Waals surface area contributed by atoms with Crippen molar-refractivity contribution in [2.24, 2.45) is 0 Å².